The summed E-state index contributed by atoms with van der Waals surface area (Å²) >= 11 is 0. The van der Waals surface area contributed by atoms with Crippen molar-refractivity contribution in [1.29, 1.82) is 0 Å². The average Bonchev–Trinajstić information content (AvgIpc) is 3.17. The summed E-state index contributed by atoms with van der Waals surface area (Å²) in [5.41, 5.74) is 5.49. The van der Waals surface area contributed by atoms with E-state index in [0.717, 1.165) is 22.8 Å². The second kappa shape index (κ2) is 6.52. The molecule has 3 heteroatoms. The Morgan fingerprint density at radius 2 is 1.67 bits per heavy atom. The van der Waals surface area contributed by atoms with Gasteiger partial charge >= 0.3 is 0 Å². The first-order chi connectivity index (χ1) is 11.8. The summed E-state index contributed by atoms with van der Waals surface area (Å²) in [7, 11) is 0. The summed E-state index contributed by atoms with van der Waals surface area (Å²) in [6.45, 7) is 2.12. The summed E-state index contributed by atoms with van der Waals surface area (Å²) in [5.74, 6) is 1.53. The van der Waals surface area contributed by atoms with E-state index in [1.54, 1.807) is 0 Å². The van der Waals surface area contributed by atoms with Crippen molar-refractivity contribution >= 4 is 0 Å². The Labute approximate surface area is 142 Å². The highest BCUT2D eigenvalue weighted by molar-refractivity contribution is 5.70. The van der Waals surface area contributed by atoms with Gasteiger partial charge in [-0.15, -0.1) is 0 Å². The second-order valence-electron chi connectivity index (χ2n) is 6.53. The van der Waals surface area contributed by atoms with E-state index in [9.17, 15) is 0 Å². The van der Waals surface area contributed by atoms with E-state index in [4.69, 9.17) is 4.98 Å². The van der Waals surface area contributed by atoms with Crippen molar-refractivity contribution in [2.75, 3.05) is 0 Å². The fourth-order valence-corrected chi connectivity index (χ4v) is 3.51. The first-order valence-corrected chi connectivity index (χ1v) is 8.66. The summed E-state index contributed by atoms with van der Waals surface area (Å²) in [5, 5.41) is 0. The zero-order valence-electron chi connectivity index (χ0n) is 13.9. The standard InChI is InChI=1S/C21H21N3/c1-15-6-2-5-9-18(15)20-14-17(10-12-22-20)19-11-13-23-21(24-19)16-7-3-4-8-16/h2,5-6,9-14,16H,3-4,7-8H2,1H3. The number of nitrogens with zero attached hydrogens (tertiary/aromatic N) is 3. The Balaban J connectivity index is 1.71. The molecule has 0 aliphatic heterocycles. The molecule has 1 aromatic carbocycles. The van der Waals surface area contributed by atoms with Crippen molar-refractivity contribution in [3.8, 4) is 22.5 Å². The van der Waals surface area contributed by atoms with Crippen LogP contribution in [0.25, 0.3) is 22.5 Å². The van der Waals surface area contributed by atoms with Crippen LogP contribution in [0.5, 0.6) is 0 Å². The van der Waals surface area contributed by atoms with E-state index >= 15 is 0 Å². The van der Waals surface area contributed by atoms with Gasteiger partial charge in [0.15, 0.2) is 0 Å². The van der Waals surface area contributed by atoms with E-state index in [1.165, 1.54) is 36.8 Å². The van der Waals surface area contributed by atoms with Crippen LogP contribution in [0.1, 0.15) is 43.0 Å². The topological polar surface area (TPSA) is 38.7 Å². The molecule has 0 saturated heterocycles. The highest BCUT2D eigenvalue weighted by Crippen LogP contribution is 2.33. The molecular formula is C21H21N3. The number of pyridine rings is 1. The molecule has 2 aromatic heterocycles. The van der Waals surface area contributed by atoms with Crippen molar-refractivity contribution in [3.63, 3.8) is 0 Å². The average molecular weight is 315 g/mol. The molecule has 1 fully saturated rings. The van der Waals surface area contributed by atoms with E-state index in [2.05, 4.69) is 47.2 Å². The van der Waals surface area contributed by atoms with Crippen LogP contribution in [0.15, 0.2) is 54.9 Å². The minimum absolute atomic E-state index is 0.530. The maximum Gasteiger partial charge on any atom is 0.132 e. The SMILES string of the molecule is Cc1ccccc1-c1cc(-c2ccnc(C3CCCC3)n2)ccn1. The molecule has 1 saturated carbocycles. The third-order valence-electron chi connectivity index (χ3n) is 4.87. The van der Waals surface area contributed by atoms with Crippen LogP contribution < -0.4 is 0 Å². The Kier molecular flexibility index (Phi) is 4.08. The number of benzene rings is 1. The minimum Gasteiger partial charge on any atom is -0.256 e. The first-order valence-electron chi connectivity index (χ1n) is 8.66. The largest absolute Gasteiger partial charge is 0.256 e. The summed E-state index contributed by atoms with van der Waals surface area (Å²) in [4.78, 5) is 13.9. The number of hydrogen-bond acceptors (Lipinski definition) is 3. The van der Waals surface area contributed by atoms with Gasteiger partial charge in [-0.1, -0.05) is 37.1 Å². The predicted octanol–water partition coefficient (Wildman–Crippen LogP) is 5.17. The Bertz CT molecular complexity index is 851. The van der Waals surface area contributed by atoms with Gasteiger partial charge < -0.3 is 0 Å². The van der Waals surface area contributed by atoms with Gasteiger partial charge in [0.2, 0.25) is 0 Å². The molecule has 4 rings (SSSR count). The monoisotopic (exact) mass is 315 g/mol. The van der Waals surface area contributed by atoms with Gasteiger partial charge in [-0.3, -0.25) is 4.98 Å². The molecule has 24 heavy (non-hydrogen) atoms. The van der Waals surface area contributed by atoms with Crippen LogP contribution in [-0.4, -0.2) is 15.0 Å². The molecule has 0 unspecified atom stereocenters. The molecule has 2 heterocycles. The maximum atomic E-state index is 4.84. The summed E-state index contributed by atoms with van der Waals surface area (Å²) in [6, 6.07) is 14.5. The normalized spacial score (nSPS) is 14.9. The lowest BCUT2D eigenvalue weighted by Crippen LogP contribution is -2.01. The molecule has 120 valence electrons. The van der Waals surface area contributed by atoms with Gasteiger partial charge in [0.1, 0.15) is 5.82 Å². The molecule has 0 radical (unpaired) electrons. The number of aromatic nitrogens is 3. The summed E-state index contributed by atoms with van der Waals surface area (Å²) in [6.07, 6.45) is 8.79. The molecule has 1 aliphatic carbocycles. The van der Waals surface area contributed by atoms with Gasteiger partial charge in [-0.05, 0) is 43.5 Å². The number of hydrogen-bond donors (Lipinski definition) is 0. The van der Waals surface area contributed by atoms with Crippen LogP contribution in [0.2, 0.25) is 0 Å². The zero-order valence-corrected chi connectivity index (χ0v) is 13.9. The minimum atomic E-state index is 0.530. The van der Waals surface area contributed by atoms with Crippen molar-refractivity contribution in [1.82, 2.24) is 15.0 Å². The number of rotatable bonds is 3. The lowest BCUT2D eigenvalue weighted by atomic mass is 10.0. The molecule has 0 atom stereocenters. The van der Waals surface area contributed by atoms with Crippen molar-refractivity contribution in [2.45, 2.75) is 38.5 Å². The Morgan fingerprint density at radius 3 is 2.50 bits per heavy atom. The van der Waals surface area contributed by atoms with Gasteiger partial charge in [-0.2, -0.15) is 0 Å². The third kappa shape index (κ3) is 2.94. The Hall–Kier alpha value is -2.55. The lowest BCUT2D eigenvalue weighted by molar-refractivity contribution is 0.668. The van der Waals surface area contributed by atoms with Gasteiger partial charge in [-0.25, -0.2) is 9.97 Å². The smallest absolute Gasteiger partial charge is 0.132 e. The highest BCUT2D eigenvalue weighted by Gasteiger charge is 2.20. The van der Waals surface area contributed by atoms with Gasteiger partial charge in [0.25, 0.3) is 0 Å². The van der Waals surface area contributed by atoms with Crippen molar-refractivity contribution < 1.29 is 0 Å². The van der Waals surface area contributed by atoms with E-state index in [-0.39, 0.29) is 0 Å². The third-order valence-corrected chi connectivity index (χ3v) is 4.87. The van der Waals surface area contributed by atoms with Crippen LogP contribution in [-0.2, 0) is 0 Å². The van der Waals surface area contributed by atoms with Crippen molar-refractivity contribution in [2.24, 2.45) is 0 Å². The highest BCUT2D eigenvalue weighted by atomic mass is 14.9. The van der Waals surface area contributed by atoms with Crippen LogP contribution in [0, 0.1) is 6.92 Å². The lowest BCUT2D eigenvalue weighted by Gasteiger charge is -2.10. The maximum absolute atomic E-state index is 4.84. The van der Waals surface area contributed by atoms with Crippen LogP contribution >= 0.6 is 0 Å². The molecule has 0 N–H and O–H groups in total. The molecule has 0 amide bonds. The van der Waals surface area contributed by atoms with Crippen LogP contribution in [0.4, 0.5) is 0 Å². The van der Waals surface area contributed by atoms with Gasteiger partial charge in [0, 0.05) is 29.4 Å². The predicted molar refractivity (Wildman–Crippen MR) is 96.6 cm³/mol. The van der Waals surface area contributed by atoms with Gasteiger partial charge in [0.05, 0.1) is 11.4 Å². The van der Waals surface area contributed by atoms with E-state index < -0.39 is 0 Å². The fourth-order valence-electron chi connectivity index (χ4n) is 3.51. The molecular weight excluding hydrogens is 294 g/mol. The molecule has 0 bridgehead atoms. The molecule has 1 aliphatic rings. The quantitative estimate of drug-likeness (QED) is 0.669. The molecule has 3 aromatic rings. The zero-order chi connectivity index (χ0) is 16.4. The van der Waals surface area contributed by atoms with Crippen molar-refractivity contribution in [3.05, 3.63) is 66.2 Å². The Morgan fingerprint density at radius 1 is 0.875 bits per heavy atom. The van der Waals surface area contributed by atoms with E-state index in [0.29, 0.717) is 5.92 Å². The molecule has 3 nitrogen and oxygen atoms in total. The second-order valence-corrected chi connectivity index (χ2v) is 6.53. The summed E-state index contributed by atoms with van der Waals surface area (Å²) < 4.78 is 0. The number of aryl methyl sites for hydroxylation is 1. The fraction of sp³-hybridized carbons (Fsp3) is 0.286. The molecule has 0 spiro atoms. The van der Waals surface area contributed by atoms with Crippen LogP contribution in [0.3, 0.4) is 0 Å². The first kappa shape index (κ1) is 15.0. The van der Waals surface area contributed by atoms with E-state index in [1.807, 2.05) is 24.5 Å².